The molecule has 0 spiro atoms. The summed E-state index contributed by atoms with van der Waals surface area (Å²) in [5.74, 6) is -0.501. The lowest BCUT2D eigenvalue weighted by molar-refractivity contribution is -0.151. The molecule has 0 aromatic carbocycles. The Balaban J connectivity index is 4.53. The summed E-state index contributed by atoms with van der Waals surface area (Å²) >= 11 is 0. The van der Waals surface area contributed by atoms with Crippen LogP contribution in [0.3, 0.4) is 0 Å². The van der Waals surface area contributed by atoms with Gasteiger partial charge in [0.2, 0.25) is 5.91 Å². The lowest BCUT2D eigenvalue weighted by Crippen LogP contribution is -2.46. The van der Waals surface area contributed by atoms with E-state index in [0.29, 0.717) is 19.3 Å². The van der Waals surface area contributed by atoms with Crippen molar-refractivity contribution in [1.29, 1.82) is 0 Å². The number of aliphatic hydroxyl groups excluding tert-OH is 2. The van der Waals surface area contributed by atoms with Crippen molar-refractivity contribution in [2.75, 3.05) is 6.61 Å². The first-order valence-electron chi connectivity index (χ1n) is 29.6. The maximum Gasteiger partial charge on any atom is 0.306 e. The number of ether oxygens (including phenoxy) is 1. The van der Waals surface area contributed by atoms with Crippen molar-refractivity contribution < 1.29 is 24.5 Å². The Morgan fingerprint density at radius 2 is 0.773 bits per heavy atom. The molecule has 0 aliphatic carbocycles. The van der Waals surface area contributed by atoms with E-state index < -0.39 is 18.2 Å². The number of nitrogens with one attached hydrogen (secondary N) is 1. The molecule has 0 saturated carbocycles. The largest absolute Gasteiger partial charge is 0.462 e. The van der Waals surface area contributed by atoms with Gasteiger partial charge in [-0.15, -0.1) is 0 Å². The molecule has 0 aliphatic heterocycles. The molecule has 0 rings (SSSR count). The van der Waals surface area contributed by atoms with Crippen LogP contribution in [-0.2, 0) is 14.3 Å². The predicted octanol–water partition coefficient (Wildman–Crippen LogP) is 18.2. The van der Waals surface area contributed by atoms with Crippen LogP contribution in [0.25, 0.3) is 0 Å². The molecule has 0 aliphatic rings. The molecule has 0 saturated heterocycles. The summed E-state index contributed by atoms with van der Waals surface area (Å²) in [4.78, 5) is 26.3. The van der Waals surface area contributed by atoms with Crippen molar-refractivity contribution in [3.63, 3.8) is 0 Å². The maximum absolute atomic E-state index is 13.3. The third-order valence-corrected chi connectivity index (χ3v) is 13.8. The standard InChI is InChI=1S/C60H115NO5/c1-4-7-10-13-16-19-22-25-28-29-30-32-35-38-41-44-47-50-53-60(65)66-56(51-48-45-42-39-36-33-27-24-21-18-15-12-9-6-3)54-59(64)61-57(55-62)58(63)52-49-46-43-40-37-34-31-26-23-20-17-14-11-8-5-2/h33,36,39,42,56-58,62-63H,4-32,34-35,37-38,40-41,43-55H2,1-3H3,(H,61,64)/b36-33+,42-39+. The molecule has 0 fully saturated rings. The van der Waals surface area contributed by atoms with Crippen LogP contribution in [0.1, 0.15) is 323 Å². The number of carbonyl (C=O) groups is 2. The molecule has 0 bridgehead atoms. The van der Waals surface area contributed by atoms with Crippen LogP contribution in [-0.4, -0.2) is 46.9 Å². The number of amides is 1. The van der Waals surface area contributed by atoms with Gasteiger partial charge in [0.15, 0.2) is 0 Å². The zero-order chi connectivity index (χ0) is 48.1. The SMILES string of the molecule is CCCCCCCCC/C=C/C=C/CCCC(CC(=O)NC(CO)C(O)CCCCCCCCCCCCCCCCC)OC(=O)CCCCCCCCCCCCCCCCCCCC. The molecule has 3 atom stereocenters. The van der Waals surface area contributed by atoms with E-state index in [-0.39, 0.29) is 24.9 Å². The van der Waals surface area contributed by atoms with Gasteiger partial charge in [-0.2, -0.15) is 0 Å². The van der Waals surface area contributed by atoms with E-state index in [2.05, 4.69) is 50.4 Å². The quantitative estimate of drug-likeness (QED) is 0.0321. The number of hydrogen-bond acceptors (Lipinski definition) is 5. The van der Waals surface area contributed by atoms with Gasteiger partial charge in [0.1, 0.15) is 6.10 Å². The maximum atomic E-state index is 13.3. The van der Waals surface area contributed by atoms with Crippen molar-refractivity contribution in [2.24, 2.45) is 0 Å². The number of carbonyl (C=O) groups excluding carboxylic acids is 2. The number of rotatable bonds is 54. The van der Waals surface area contributed by atoms with E-state index in [0.717, 1.165) is 57.8 Å². The number of hydrogen-bond donors (Lipinski definition) is 3. The van der Waals surface area contributed by atoms with Crippen LogP contribution in [0.2, 0.25) is 0 Å². The molecule has 0 radical (unpaired) electrons. The van der Waals surface area contributed by atoms with Crippen LogP contribution in [0.15, 0.2) is 24.3 Å². The van der Waals surface area contributed by atoms with Gasteiger partial charge in [-0.25, -0.2) is 0 Å². The van der Waals surface area contributed by atoms with Crippen molar-refractivity contribution in [3.8, 4) is 0 Å². The molecule has 6 heteroatoms. The summed E-state index contributed by atoms with van der Waals surface area (Å²) in [6.07, 6.45) is 64.0. The molecule has 3 N–H and O–H groups in total. The molecule has 1 amide bonds. The third kappa shape index (κ3) is 48.8. The number of allylic oxidation sites excluding steroid dienone is 4. The average molecular weight is 931 g/mol. The number of esters is 1. The summed E-state index contributed by atoms with van der Waals surface area (Å²) in [5, 5.41) is 23.9. The Kier molecular flexibility index (Phi) is 52.9. The molecule has 0 aromatic heterocycles. The smallest absolute Gasteiger partial charge is 0.306 e. The fraction of sp³-hybridized carbons (Fsp3) is 0.900. The lowest BCUT2D eigenvalue weighted by Gasteiger charge is -2.24. The van der Waals surface area contributed by atoms with Gasteiger partial charge < -0.3 is 20.3 Å². The van der Waals surface area contributed by atoms with Crippen LogP contribution in [0.4, 0.5) is 0 Å². The van der Waals surface area contributed by atoms with Gasteiger partial charge in [-0.05, 0) is 44.9 Å². The monoisotopic (exact) mass is 930 g/mol. The van der Waals surface area contributed by atoms with Crippen LogP contribution in [0, 0.1) is 0 Å². The minimum atomic E-state index is -0.796. The van der Waals surface area contributed by atoms with E-state index >= 15 is 0 Å². The first-order valence-corrected chi connectivity index (χ1v) is 29.6. The minimum absolute atomic E-state index is 0.0507. The molecule has 390 valence electrons. The van der Waals surface area contributed by atoms with E-state index in [1.54, 1.807) is 0 Å². The topological polar surface area (TPSA) is 95.9 Å². The Hall–Kier alpha value is -1.66. The van der Waals surface area contributed by atoms with Crippen molar-refractivity contribution in [3.05, 3.63) is 24.3 Å². The lowest BCUT2D eigenvalue weighted by atomic mass is 10.0. The zero-order valence-electron chi connectivity index (χ0n) is 44.6. The molecule has 66 heavy (non-hydrogen) atoms. The summed E-state index contributed by atoms with van der Waals surface area (Å²) in [6.45, 7) is 6.51. The van der Waals surface area contributed by atoms with Crippen molar-refractivity contribution in [2.45, 2.75) is 341 Å². The number of aliphatic hydroxyl groups is 2. The highest BCUT2D eigenvalue weighted by Crippen LogP contribution is 2.18. The number of unbranched alkanes of at least 4 members (excludes halogenated alkanes) is 39. The van der Waals surface area contributed by atoms with Gasteiger partial charge in [-0.1, -0.05) is 289 Å². The van der Waals surface area contributed by atoms with Crippen LogP contribution >= 0.6 is 0 Å². The second kappa shape index (κ2) is 54.3. The van der Waals surface area contributed by atoms with Gasteiger partial charge >= 0.3 is 5.97 Å². The zero-order valence-corrected chi connectivity index (χ0v) is 44.6. The fourth-order valence-electron chi connectivity index (χ4n) is 9.31. The second-order valence-electron chi connectivity index (χ2n) is 20.4. The predicted molar refractivity (Wildman–Crippen MR) is 287 cm³/mol. The van der Waals surface area contributed by atoms with Gasteiger partial charge in [-0.3, -0.25) is 9.59 Å². The third-order valence-electron chi connectivity index (χ3n) is 13.8. The Morgan fingerprint density at radius 1 is 0.439 bits per heavy atom. The van der Waals surface area contributed by atoms with Crippen molar-refractivity contribution in [1.82, 2.24) is 5.32 Å². The van der Waals surface area contributed by atoms with E-state index in [9.17, 15) is 19.8 Å². The summed E-state index contributed by atoms with van der Waals surface area (Å²) in [7, 11) is 0. The van der Waals surface area contributed by atoms with E-state index in [1.807, 2.05) is 0 Å². The highest BCUT2D eigenvalue weighted by molar-refractivity contribution is 5.77. The molecular formula is C60H115NO5. The van der Waals surface area contributed by atoms with E-state index in [1.165, 1.54) is 218 Å². The Bertz CT molecular complexity index is 1040. The van der Waals surface area contributed by atoms with E-state index in [4.69, 9.17) is 4.74 Å². The van der Waals surface area contributed by atoms with Crippen LogP contribution < -0.4 is 5.32 Å². The molecular weight excluding hydrogens is 815 g/mol. The second-order valence-corrected chi connectivity index (χ2v) is 20.4. The molecule has 0 aromatic rings. The fourth-order valence-corrected chi connectivity index (χ4v) is 9.31. The summed E-state index contributed by atoms with van der Waals surface area (Å²) in [6, 6.07) is -0.712. The molecule has 0 heterocycles. The Labute approximate surface area is 411 Å². The van der Waals surface area contributed by atoms with Crippen LogP contribution in [0.5, 0.6) is 0 Å². The highest BCUT2D eigenvalue weighted by atomic mass is 16.5. The Morgan fingerprint density at radius 3 is 1.15 bits per heavy atom. The summed E-state index contributed by atoms with van der Waals surface area (Å²) in [5.41, 5.74) is 0. The normalized spacial score (nSPS) is 13.2. The van der Waals surface area contributed by atoms with Gasteiger partial charge in [0.25, 0.3) is 0 Å². The summed E-state index contributed by atoms with van der Waals surface area (Å²) < 4.78 is 5.94. The molecule has 6 nitrogen and oxygen atoms in total. The first-order chi connectivity index (χ1) is 32.5. The highest BCUT2D eigenvalue weighted by Gasteiger charge is 2.24. The van der Waals surface area contributed by atoms with Gasteiger partial charge in [0, 0.05) is 6.42 Å². The minimum Gasteiger partial charge on any atom is -0.462 e. The average Bonchev–Trinajstić information content (AvgIpc) is 3.31. The van der Waals surface area contributed by atoms with Crippen molar-refractivity contribution >= 4 is 11.9 Å². The van der Waals surface area contributed by atoms with Gasteiger partial charge in [0.05, 0.1) is 25.2 Å². The molecule has 3 unspecified atom stereocenters. The first kappa shape index (κ1) is 64.3.